The number of nitriles is 1. The van der Waals surface area contributed by atoms with Crippen LogP contribution in [-0.4, -0.2) is 40.3 Å². The van der Waals surface area contributed by atoms with E-state index in [0.29, 0.717) is 33.6 Å². The largest absolute Gasteiger partial charge is 0.443 e. The maximum absolute atomic E-state index is 13.6. The van der Waals surface area contributed by atoms with Gasteiger partial charge in [-0.3, -0.25) is 14.1 Å². The van der Waals surface area contributed by atoms with Crippen LogP contribution in [0.3, 0.4) is 0 Å². The van der Waals surface area contributed by atoms with Gasteiger partial charge in [-0.25, -0.2) is 19.6 Å². The molecule has 1 unspecified atom stereocenters. The Morgan fingerprint density at radius 3 is 2.64 bits per heavy atom. The predicted octanol–water partition coefficient (Wildman–Crippen LogP) is 4.20. The Morgan fingerprint density at radius 1 is 1.14 bits per heavy atom. The standard InChI is InChI=1S/C26H23N7O3/c1-16(18-6-5-11-28-14-18)32-23-20(33(24(32)34)25(35)36-26(2,3)4)9-10-22(30-23)31-15-29-19-8-7-17(13-27)12-21(19)31/h5-12,14-16H,1-4H3. The van der Waals surface area contributed by atoms with Gasteiger partial charge in [-0.2, -0.15) is 9.83 Å². The zero-order valence-electron chi connectivity index (χ0n) is 20.2. The number of pyridine rings is 2. The molecule has 1 atom stereocenters. The molecule has 0 radical (unpaired) electrons. The highest BCUT2D eigenvalue weighted by atomic mass is 16.6. The van der Waals surface area contributed by atoms with Gasteiger partial charge in [-0.15, -0.1) is 0 Å². The number of carbonyl (C=O) groups excluding carboxylic acids is 1. The van der Waals surface area contributed by atoms with Gasteiger partial charge in [0.2, 0.25) is 0 Å². The molecule has 1 aromatic carbocycles. The van der Waals surface area contributed by atoms with Crippen molar-refractivity contribution in [1.82, 2.24) is 28.7 Å². The third kappa shape index (κ3) is 3.90. The summed E-state index contributed by atoms with van der Waals surface area (Å²) in [5, 5.41) is 9.32. The average molecular weight is 482 g/mol. The molecule has 0 saturated carbocycles. The van der Waals surface area contributed by atoms with E-state index in [0.717, 1.165) is 10.1 Å². The molecule has 4 aromatic heterocycles. The number of imidazole rings is 2. The van der Waals surface area contributed by atoms with Gasteiger partial charge in [0.15, 0.2) is 5.65 Å². The van der Waals surface area contributed by atoms with Gasteiger partial charge in [-0.05, 0) is 69.7 Å². The van der Waals surface area contributed by atoms with Gasteiger partial charge in [0.05, 0.1) is 28.7 Å². The Labute approximate surface area is 206 Å². The molecular weight excluding hydrogens is 458 g/mol. The molecule has 5 rings (SSSR count). The van der Waals surface area contributed by atoms with Crippen molar-refractivity contribution in [2.75, 3.05) is 0 Å². The molecule has 180 valence electrons. The smallest absolute Gasteiger partial charge is 0.423 e. The van der Waals surface area contributed by atoms with E-state index < -0.39 is 23.4 Å². The van der Waals surface area contributed by atoms with Gasteiger partial charge < -0.3 is 4.74 Å². The minimum Gasteiger partial charge on any atom is -0.443 e. The van der Waals surface area contributed by atoms with E-state index in [2.05, 4.69) is 16.0 Å². The lowest BCUT2D eigenvalue weighted by atomic mass is 10.1. The number of carbonyl (C=O) groups is 1. The molecule has 0 bridgehead atoms. The van der Waals surface area contributed by atoms with Crippen molar-refractivity contribution in [3.63, 3.8) is 0 Å². The number of rotatable bonds is 3. The van der Waals surface area contributed by atoms with Crippen molar-refractivity contribution in [2.24, 2.45) is 0 Å². The fraction of sp³-hybridized carbons (Fsp3) is 0.231. The van der Waals surface area contributed by atoms with Crippen molar-refractivity contribution in [3.8, 4) is 11.9 Å². The summed E-state index contributed by atoms with van der Waals surface area (Å²) in [6.07, 6.45) is 4.15. The summed E-state index contributed by atoms with van der Waals surface area (Å²) < 4.78 is 9.72. The van der Waals surface area contributed by atoms with Crippen molar-refractivity contribution in [2.45, 2.75) is 39.3 Å². The number of benzene rings is 1. The molecule has 5 aromatic rings. The molecule has 0 aliphatic carbocycles. The van der Waals surface area contributed by atoms with E-state index in [1.807, 2.05) is 13.0 Å². The van der Waals surface area contributed by atoms with Gasteiger partial charge in [-0.1, -0.05) is 6.07 Å². The van der Waals surface area contributed by atoms with E-state index >= 15 is 0 Å². The average Bonchev–Trinajstić information content (AvgIpc) is 3.40. The third-order valence-corrected chi connectivity index (χ3v) is 5.76. The van der Waals surface area contributed by atoms with Gasteiger partial charge in [0, 0.05) is 12.4 Å². The van der Waals surface area contributed by atoms with E-state index in [-0.39, 0.29) is 0 Å². The lowest BCUT2D eigenvalue weighted by Crippen LogP contribution is -2.35. The molecule has 0 aliphatic heterocycles. The van der Waals surface area contributed by atoms with Crippen molar-refractivity contribution >= 4 is 28.3 Å². The number of hydrogen-bond donors (Lipinski definition) is 0. The minimum absolute atomic E-state index is 0.304. The summed E-state index contributed by atoms with van der Waals surface area (Å²) in [4.78, 5) is 40.1. The fourth-order valence-corrected chi connectivity index (χ4v) is 4.08. The molecule has 0 spiro atoms. The summed E-state index contributed by atoms with van der Waals surface area (Å²) in [7, 11) is 0. The van der Waals surface area contributed by atoms with E-state index in [4.69, 9.17) is 9.72 Å². The van der Waals surface area contributed by atoms with Gasteiger partial charge >= 0.3 is 11.8 Å². The first kappa shape index (κ1) is 23.0. The highest BCUT2D eigenvalue weighted by molar-refractivity contribution is 5.86. The van der Waals surface area contributed by atoms with Crippen LogP contribution >= 0.6 is 0 Å². The van der Waals surface area contributed by atoms with Gasteiger partial charge in [0.1, 0.15) is 23.3 Å². The molecule has 36 heavy (non-hydrogen) atoms. The second-order valence-electron chi connectivity index (χ2n) is 9.37. The zero-order valence-corrected chi connectivity index (χ0v) is 20.2. The SMILES string of the molecule is CC(c1cccnc1)n1c(=O)n(C(=O)OC(C)(C)C)c2ccc(-n3cnc4ccc(C#N)cc43)nc21. The highest BCUT2D eigenvalue weighted by Crippen LogP contribution is 2.25. The van der Waals surface area contributed by atoms with Crippen molar-refractivity contribution in [1.29, 1.82) is 5.26 Å². The maximum Gasteiger partial charge on any atom is 0.423 e. The summed E-state index contributed by atoms with van der Waals surface area (Å²) in [5.74, 6) is 0.480. The minimum atomic E-state index is -0.790. The lowest BCUT2D eigenvalue weighted by molar-refractivity contribution is 0.0537. The Hall–Kier alpha value is -4.78. The van der Waals surface area contributed by atoms with Gasteiger partial charge in [0.25, 0.3) is 0 Å². The highest BCUT2D eigenvalue weighted by Gasteiger charge is 2.27. The molecule has 10 nitrogen and oxygen atoms in total. The third-order valence-electron chi connectivity index (χ3n) is 5.76. The van der Waals surface area contributed by atoms with E-state index in [1.54, 1.807) is 80.5 Å². The fourth-order valence-electron chi connectivity index (χ4n) is 4.08. The molecule has 0 saturated heterocycles. The molecule has 0 aliphatic rings. The maximum atomic E-state index is 13.6. The second-order valence-corrected chi connectivity index (χ2v) is 9.37. The molecule has 10 heteroatoms. The lowest BCUT2D eigenvalue weighted by Gasteiger charge is -2.19. The van der Waals surface area contributed by atoms with Crippen LogP contribution in [0.5, 0.6) is 0 Å². The van der Waals surface area contributed by atoms with Crippen LogP contribution in [0.4, 0.5) is 4.79 Å². The van der Waals surface area contributed by atoms with Crippen LogP contribution in [0.25, 0.3) is 28.0 Å². The van der Waals surface area contributed by atoms with Crippen LogP contribution in [0, 0.1) is 11.3 Å². The van der Waals surface area contributed by atoms with Crippen LogP contribution in [0.15, 0.2) is 66.0 Å². The van der Waals surface area contributed by atoms with Crippen molar-refractivity contribution in [3.05, 3.63) is 82.8 Å². The first-order chi connectivity index (χ1) is 17.2. The Morgan fingerprint density at radius 2 is 1.94 bits per heavy atom. The summed E-state index contributed by atoms with van der Waals surface area (Å²) in [6.45, 7) is 7.06. The Bertz CT molecular complexity index is 1720. The second kappa shape index (κ2) is 8.46. The zero-order chi connectivity index (χ0) is 25.6. The Balaban J connectivity index is 1.76. The topological polar surface area (TPSA) is 121 Å². The molecule has 0 amide bonds. The number of aromatic nitrogens is 6. The monoisotopic (exact) mass is 481 g/mol. The normalized spacial score (nSPS) is 12.5. The first-order valence-electron chi connectivity index (χ1n) is 11.3. The van der Waals surface area contributed by atoms with Crippen LogP contribution < -0.4 is 5.69 Å². The quantitative estimate of drug-likeness (QED) is 0.379. The van der Waals surface area contributed by atoms with Crippen LogP contribution in [0.1, 0.15) is 44.9 Å². The summed E-state index contributed by atoms with van der Waals surface area (Å²) in [5.41, 5.74) is 1.92. The van der Waals surface area contributed by atoms with Crippen LogP contribution in [-0.2, 0) is 4.74 Å². The van der Waals surface area contributed by atoms with Crippen molar-refractivity contribution < 1.29 is 9.53 Å². The molecule has 4 heterocycles. The number of hydrogen-bond acceptors (Lipinski definition) is 7. The molecule has 0 N–H and O–H groups in total. The Kier molecular flexibility index (Phi) is 5.40. The number of fused-ring (bicyclic) bond motifs is 2. The predicted molar refractivity (Wildman–Crippen MR) is 133 cm³/mol. The first-order valence-corrected chi connectivity index (χ1v) is 11.3. The number of ether oxygens (including phenoxy) is 1. The van der Waals surface area contributed by atoms with E-state index in [9.17, 15) is 14.9 Å². The number of nitrogens with zero attached hydrogens (tertiary/aromatic N) is 7. The molecular formula is C26H23N7O3. The van der Waals surface area contributed by atoms with Crippen LogP contribution in [0.2, 0.25) is 0 Å². The van der Waals surface area contributed by atoms with E-state index in [1.165, 1.54) is 4.57 Å². The summed E-state index contributed by atoms with van der Waals surface area (Å²) in [6, 6.07) is 13.9. The summed E-state index contributed by atoms with van der Waals surface area (Å²) >= 11 is 0. The molecule has 0 fully saturated rings.